The predicted octanol–water partition coefficient (Wildman–Crippen LogP) is 4.79. The smallest absolute Gasteiger partial charge is 0.226 e. The Morgan fingerprint density at radius 1 is 0.900 bits per heavy atom. The van der Waals surface area contributed by atoms with Crippen LogP contribution in [0.3, 0.4) is 0 Å². The second-order valence-electron chi connectivity index (χ2n) is 4.85. The molecule has 0 heterocycles. The molecule has 0 aliphatic rings. The Kier molecular flexibility index (Phi) is 4.79. The van der Waals surface area contributed by atoms with Crippen molar-refractivity contribution in [2.45, 2.75) is 13.8 Å². The van der Waals surface area contributed by atoms with Gasteiger partial charge in [-0.3, -0.25) is 4.79 Å². The topological polar surface area (TPSA) is 41.1 Å². The molecule has 1 amide bonds. The zero-order valence-corrected chi connectivity index (χ0v) is 13.1. The Labute approximate surface area is 127 Å². The summed E-state index contributed by atoms with van der Waals surface area (Å²) in [6, 6.07) is 15.6. The molecule has 20 heavy (non-hydrogen) atoms. The van der Waals surface area contributed by atoms with Gasteiger partial charge in [0.25, 0.3) is 0 Å². The molecular weight excluding hydrogens is 316 g/mol. The van der Waals surface area contributed by atoms with Gasteiger partial charge in [0.2, 0.25) is 5.91 Å². The van der Waals surface area contributed by atoms with Crippen LogP contribution in [0.25, 0.3) is 0 Å². The molecule has 0 bridgehead atoms. The Balaban J connectivity index is 2.01. The molecule has 104 valence electrons. The molecule has 0 fully saturated rings. The number of rotatable bonds is 4. The third-order valence-electron chi connectivity index (χ3n) is 2.81. The van der Waals surface area contributed by atoms with E-state index in [1.165, 1.54) is 0 Å². The molecule has 0 spiro atoms. The number of nitrogens with one attached hydrogen (secondary N) is 2. The lowest BCUT2D eigenvalue weighted by Gasteiger charge is -2.10. The maximum absolute atomic E-state index is 11.6. The number of amides is 1. The van der Waals surface area contributed by atoms with Gasteiger partial charge in [0.15, 0.2) is 0 Å². The fourth-order valence-electron chi connectivity index (χ4n) is 1.62. The molecule has 2 N–H and O–H groups in total. The van der Waals surface area contributed by atoms with Gasteiger partial charge < -0.3 is 10.6 Å². The molecule has 2 aromatic carbocycles. The molecular formula is C16H17BrN2O. The summed E-state index contributed by atoms with van der Waals surface area (Å²) in [6.45, 7) is 3.75. The van der Waals surface area contributed by atoms with E-state index in [0.717, 1.165) is 21.5 Å². The van der Waals surface area contributed by atoms with E-state index in [4.69, 9.17) is 0 Å². The molecule has 2 aromatic rings. The van der Waals surface area contributed by atoms with Gasteiger partial charge in [-0.25, -0.2) is 0 Å². The highest BCUT2D eigenvalue weighted by Gasteiger charge is 2.06. The summed E-state index contributed by atoms with van der Waals surface area (Å²) >= 11 is 3.41. The number of carbonyl (C=O) groups is 1. The van der Waals surface area contributed by atoms with Gasteiger partial charge in [0.05, 0.1) is 0 Å². The summed E-state index contributed by atoms with van der Waals surface area (Å²) in [6.07, 6.45) is 0. The maximum Gasteiger partial charge on any atom is 0.226 e. The van der Waals surface area contributed by atoms with Crippen LogP contribution in [-0.4, -0.2) is 5.91 Å². The van der Waals surface area contributed by atoms with E-state index in [2.05, 4.69) is 26.6 Å². The molecule has 2 rings (SSSR count). The highest BCUT2D eigenvalue weighted by Crippen LogP contribution is 2.21. The molecule has 0 aliphatic heterocycles. The largest absolute Gasteiger partial charge is 0.356 e. The Bertz CT molecular complexity index is 576. The lowest BCUT2D eigenvalue weighted by atomic mass is 10.2. The zero-order chi connectivity index (χ0) is 14.5. The van der Waals surface area contributed by atoms with Crippen molar-refractivity contribution < 1.29 is 4.79 Å². The monoisotopic (exact) mass is 332 g/mol. The van der Waals surface area contributed by atoms with Crippen molar-refractivity contribution in [3.05, 3.63) is 53.0 Å². The summed E-state index contributed by atoms with van der Waals surface area (Å²) in [4.78, 5) is 11.6. The molecule has 0 radical (unpaired) electrons. The van der Waals surface area contributed by atoms with Gasteiger partial charge in [0.1, 0.15) is 0 Å². The second kappa shape index (κ2) is 6.57. The first-order chi connectivity index (χ1) is 9.54. The first-order valence-electron chi connectivity index (χ1n) is 6.48. The lowest BCUT2D eigenvalue weighted by molar-refractivity contribution is -0.118. The minimum atomic E-state index is -0.0180. The molecule has 0 saturated carbocycles. The van der Waals surface area contributed by atoms with Crippen molar-refractivity contribution in [3.63, 3.8) is 0 Å². The standard InChI is InChI=1S/C16H17BrN2O/c1-11(2)16(20)19-15-9-7-14(8-10-15)18-13-5-3-12(17)4-6-13/h3-11,18H,1-2H3,(H,19,20). The van der Waals surface area contributed by atoms with E-state index in [-0.39, 0.29) is 11.8 Å². The fourth-order valence-corrected chi connectivity index (χ4v) is 1.89. The number of hydrogen-bond donors (Lipinski definition) is 2. The van der Waals surface area contributed by atoms with Gasteiger partial charge in [0, 0.05) is 27.5 Å². The van der Waals surface area contributed by atoms with Gasteiger partial charge in [-0.15, -0.1) is 0 Å². The fraction of sp³-hybridized carbons (Fsp3) is 0.188. The Hall–Kier alpha value is -1.81. The van der Waals surface area contributed by atoms with E-state index in [9.17, 15) is 4.79 Å². The van der Waals surface area contributed by atoms with E-state index < -0.39 is 0 Å². The number of anilines is 3. The van der Waals surface area contributed by atoms with Crippen LogP contribution in [-0.2, 0) is 4.79 Å². The van der Waals surface area contributed by atoms with Gasteiger partial charge >= 0.3 is 0 Å². The summed E-state index contributed by atoms with van der Waals surface area (Å²) in [7, 11) is 0. The summed E-state index contributed by atoms with van der Waals surface area (Å²) < 4.78 is 1.05. The van der Waals surface area contributed by atoms with Crippen molar-refractivity contribution in [2.24, 2.45) is 5.92 Å². The van der Waals surface area contributed by atoms with E-state index in [0.29, 0.717) is 0 Å². The molecule has 3 nitrogen and oxygen atoms in total. The van der Waals surface area contributed by atoms with Crippen LogP contribution >= 0.6 is 15.9 Å². The second-order valence-corrected chi connectivity index (χ2v) is 5.77. The van der Waals surface area contributed by atoms with Crippen molar-refractivity contribution in [1.29, 1.82) is 0 Å². The van der Waals surface area contributed by atoms with Gasteiger partial charge in [-0.2, -0.15) is 0 Å². The maximum atomic E-state index is 11.6. The third kappa shape index (κ3) is 4.10. The molecule has 0 aromatic heterocycles. The number of carbonyl (C=O) groups excluding carboxylic acids is 1. The quantitative estimate of drug-likeness (QED) is 0.845. The first kappa shape index (κ1) is 14.6. The molecule has 0 atom stereocenters. The van der Waals surface area contributed by atoms with Crippen LogP contribution in [0.1, 0.15) is 13.8 Å². The number of halogens is 1. The van der Waals surface area contributed by atoms with E-state index >= 15 is 0 Å². The van der Waals surface area contributed by atoms with Crippen LogP contribution in [0.4, 0.5) is 17.1 Å². The average molecular weight is 333 g/mol. The van der Waals surface area contributed by atoms with Crippen LogP contribution in [0.2, 0.25) is 0 Å². The predicted molar refractivity (Wildman–Crippen MR) is 87.3 cm³/mol. The average Bonchev–Trinajstić information content (AvgIpc) is 2.43. The van der Waals surface area contributed by atoms with Crippen LogP contribution in [0, 0.1) is 5.92 Å². The summed E-state index contributed by atoms with van der Waals surface area (Å²) in [5.74, 6) is 0.00851. The van der Waals surface area contributed by atoms with Crippen molar-refractivity contribution in [3.8, 4) is 0 Å². The highest BCUT2D eigenvalue weighted by atomic mass is 79.9. The van der Waals surface area contributed by atoms with Crippen molar-refractivity contribution in [2.75, 3.05) is 10.6 Å². The zero-order valence-electron chi connectivity index (χ0n) is 11.5. The van der Waals surface area contributed by atoms with E-state index in [1.807, 2.05) is 62.4 Å². The number of hydrogen-bond acceptors (Lipinski definition) is 2. The highest BCUT2D eigenvalue weighted by molar-refractivity contribution is 9.10. The van der Waals surface area contributed by atoms with Crippen LogP contribution < -0.4 is 10.6 Å². The molecule has 0 saturated heterocycles. The SMILES string of the molecule is CC(C)C(=O)Nc1ccc(Nc2ccc(Br)cc2)cc1. The van der Waals surface area contributed by atoms with Crippen LogP contribution in [0.5, 0.6) is 0 Å². The molecule has 4 heteroatoms. The normalized spacial score (nSPS) is 10.4. The lowest BCUT2D eigenvalue weighted by Crippen LogP contribution is -2.17. The Morgan fingerprint density at radius 2 is 1.35 bits per heavy atom. The molecule has 0 aliphatic carbocycles. The first-order valence-corrected chi connectivity index (χ1v) is 7.27. The van der Waals surface area contributed by atoms with Crippen molar-refractivity contribution in [1.82, 2.24) is 0 Å². The minimum Gasteiger partial charge on any atom is -0.356 e. The third-order valence-corrected chi connectivity index (χ3v) is 3.34. The summed E-state index contributed by atoms with van der Waals surface area (Å²) in [5.41, 5.74) is 2.81. The van der Waals surface area contributed by atoms with Crippen molar-refractivity contribution >= 4 is 38.9 Å². The Morgan fingerprint density at radius 3 is 1.85 bits per heavy atom. The number of benzene rings is 2. The minimum absolute atomic E-state index is 0.0180. The van der Waals surface area contributed by atoms with Gasteiger partial charge in [-0.05, 0) is 48.5 Å². The summed E-state index contributed by atoms with van der Waals surface area (Å²) in [5, 5.41) is 6.17. The van der Waals surface area contributed by atoms with E-state index in [1.54, 1.807) is 0 Å². The van der Waals surface area contributed by atoms with Crippen LogP contribution in [0.15, 0.2) is 53.0 Å². The molecule has 0 unspecified atom stereocenters. The van der Waals surface area contributed by atoms with Gasteiger partial charge in [-0.1, -0.05) is 29.8 Å².